The maximum Gasteiger partial charge on any atom is 0.244 e. The van der Waals surface area contributed by atoms with Crippen LogP contribution in [0.25, 0.3) is 0 Å². The van der Waals surface area contributed by atoms with Crippen LogP contribution >= 0.6 is 0 Å². The summed E-state index contributed by atoms with van der Waals surface area (Å²) in [5.41, 5.74) is 0.789. The van der Waals surface area contributed by atoms with E-state index in [2.05, 4.69) is 25.7 Å². The van der Waals surface area contributed by atoms with Crippen molar-refractivity contribution in [3.63, 3.8) is 0 Å². The summed E-state index contributed by atoms with van der Waals surface area (Å²) in [5, 5.41) is 13.7. The summed E-state index contributed by atoms with van der Waals surface area (Å²) >= 11 is 0. The molecule has 0 saturated carbocycles. The van der Waals surface area contributed by atoms with Crippen molar-refractivity contribution in [2.24, 2.45) is 0 Å². The van der Waals surface area contributed by atoms with Crippen LogP contribution in [0, 0.1) is 0 Å². The molecule has 0 spiro atoms. The molecule has 1 aromatic carbocycles. The Hall–Kier alpha value is -2.81. The van der Waals surface area contributed by atoms with Gasteiger partial charge in [0.05, 0.1) is 6.04 Å². The normalized spacial score (nSPS) is 16.7. The van der Waals surface area contributed by atoms with Crippen LogP contribution < -0.4 is 5.32 Å². The maximum absolute atomic E-state index is 12.5. The second-order valence-electron chi connectivity index (χ2n) is 6.31. The molecule has 0 radical (unpaired) electrons. The lowest BCUT2D eigenvalue weighted by molar-refractivity contribution is -0.131. The maximum atomic E-state index is 12.5. The molecule has 1 aliphatic rings. The summed E-state index contributed by atoms with van der Waals surface area (Å²) in [5.74, 6) is -0.0507. The van der Waals surface area contributed by atoms with Gasteiger partial charge in [0.25, 0.3) is 0 Å². The van der Waals surface area contributed by atoms with E-state index < -0.39 is 0 Å². The fourth-order valence-corrected chi connectivity index (χ4v) is 3.00. The first-order chi connectivity index (χ1) is 12.6. The van der Waals surface area contributed by atoms with Gasteiger partial charge in [0, 0.05) is 31.9 Å². The fourth-order valence-electron chi connectivity index (χ4n) is 3.00. The number of rotatable bonds is 5. The molecule has 9 nitrogen and oxygen atoms in total. The predicted molar refractivity (Wildman–Crippen MR) is 95.1 cm³/mol. The zero-order chi connectivity index (χ0) is 18.4. The number of nitrogens with one attached hydrogen (secondary N) is 1. The van der Waals surface area contributed by atoms with Gasteiger partial charge in [0.2, 0.25) is 11.8 Å². The number of aromatic nitrogens is 4. The van der Waals surface area contributed by atoms with Crippen molar-refractivity contribution in [3.05, 3.63) is 36.7 Å². The van der Waals surface area contributed by atoms with Crippen LogP contribution in [-0.4, -0.2) is 74.0 Å². The van der Waals surface area contributed by atoms with Crippen molar-refractivity contribution in [1.82, 2.24) is 30.0 Å². The predicted octanol–water partition coefficient (Wildman–Crippen LogP) is 0.235. The molecule has 1 aliphatic heterocycles. The van der Waals surface area contributed by atoms with Crippen molar-refractivity contribution in [2.75, 3.05) is 31.5 Å². The van der Waals surface area contributed by atoms with Crippen molar-refractivity contribution in [1.29, 1.82) is 0 Å². The molecular weight excluding hydrogens is 334 g/mol. The Morgan fingerprint density at radius 1 is 1.15 bits per heavy atom. The SMILES string of the molecule is CC(C(=O)Nc1ccccc1)N1CCCN(C(=O)Cn2cnnn2)CC1. The molecule has 1 fully saturated rings. The van der Waals surface area contributed by atoms with Crippen LogP contribution in [0.2, 0.25) is 0 Å². The molecule has 1 N–H and O–H groups in total. The first kappa shape index (κ1) is 18.0. The van der Waals surface area contributed by atoms with Gasteiger partial charge < -0.3 is 10.2 Å². The highest BCUT2D eigenvalue weighted by atomic mass is 16.2. The van der Waals surface area contributed by atoms with Gasteiger partial charge in [-0.3, -0.25) is 14.5 Å². The molecule has 9 heteroatoms. The van der Waals surface area contributed by atoms with E-state index in [0.717, 1.165) is 18.7 Å². The average Bonchev–Trinajstić information content (AvgIpc) is 3.03. The monoisotopic (exact) mass is 357 g/mol. The highest BCUT2D eigenvalue weighted by Crippen LogP contribution is 2.11. The lowest BCUT2D eigenvalue weighted by Gasteiger charge is -2.27. The van der Waals surface area contributed by atoms with Crippen molar-refractivity contribution < 1.29 is 9.59 Å². The number of hydrogen-bond donors (Lipinski definition) is 1. The third-order valence-corrected chi connectivity index (χ3v) is 4.54. The third-order valence-electron chi connectivity index (χ3n) is 4.54. The van der Waals surface area contributed by atoms with E-state index in [4.69, 9.17) is 0 Å². The zero-order valence-electron chi connectivity index (χ0n) is 14.8. The van der Waals surface area contributed by atoms with Gasteiger partial charge in [-0.15, -0.1) is 5.10 Å². The van der Waals surface area contributed by atoms with E-state index in [1.807, 2.05) is 42.2 Å². The number of anilines is 1. The molecule has 138 valence electrons. The molecule has 0 aliphatic carbocycles. The molecule has 1 atom stereocenters. The summed E-state index contributed by atoms with van der Waals surface area (Å²) in [7, 11) is 0. The van der Waals surface area contributed by atoms with Crippen molar-refractivity contribution in [2.45, 2.75) is 25.9 Å². The molecule has 0 bridgehead atoms. The number of nitrogens with zero attached hydrogens (tertiary/aromatic N) is 6. The average molecular weight is 357 g/mol. The number of benzene rings is 1. The largest absolute Gasteiger partial charge is 0.340 e. The van der Waals surface area contributed by atoms with E-state index >= 15 is 0 Å². The summed E-state index contributed by atoms with van der Waals surface area (Å²) in [6.45, 7) is 4.73. The Labute approximate surface area is 152 Å². The van der Waals surface area contributed by atoms with Gasteiger partial charge in [-0.2, -0.15) is 0 Å². The van der Waals surface area contributed by atoms with Crippen LogP contribution in [0.3, 0.4) is 0 Å². The van der Waals surface area contributed by atoms with Crippen LogP contribution in [0.4, 0.5) is 5.69 Å². The quantitative estimate of drug-likeness (QED) is 0.823. The van der Waals surface area contributed by atoms with Gasteiger partial charge >= 0.3 is 0 Å². The minimum Gasteiger partial charge on any atom is -0.340 e. The van der Waals surface area contributed by atoms with Gasteiger partial charge in [-0.05, 0) is 35.9 Å². The van der Waals surface area contributed by atoms with E-state index in [9.17, 15) is 9.59 Å². The first-order valence-electron chi connectivity index (χ1n) is 8.72. The lowest BCUT2D eigenvalue weighted by Crippen LogP contribution is -2.44. The highest BCUT2D eigenvalue weighted by molar-refractivity contribution is 5.94. The molecule has 1 aromatic heterocycles. The lowest BCUT2D eigenvalue weighted by atomic mass is 10.2. The number of amides is 2. The first-order valence-corrected chi connectivity index (χ1v) is 8.72. The van der Waals surface area contributed by atoms with Gasteiger partial charge in [-0.1, -0.05) is 18.2 Å². The van der Waals surface area contributed by atoms with Crippen molar-refractivity contribution >= 4 is 17.5 Å². The summed E-state index contributed by atoms with van der Waals surface area (Å²) in [6.07, 6.45) is 2.25. The van der Waals surface area contributed by atoms with E-state index in [-0.39, 0.29) is 24.4 Å². The molecule has 2 heterocycles. The standard InChI is InChI=1S/C17H23N7O2/c1-14(17(26)19-15-6-3-2-4-7-15)22-8-5-9-23(11-10-22)16(25)12-24-13-18-20-21-24/h2-4,6-7,13-14H,5,8-12H2,1H3,(H,19,26). The van der Waals surface area contributed by atoms with E-state index in [1.165, 1.54) is 11.0 Å². The topological polar surface area (TPSA) is 96.2 Å². The Balaban J connectivity index is 1.52. The highest BCUT2D eigenvalue weighted by Gasteiger charge is 2.25. The number of carbonyl (C=O) groups is 2. The van der Waals surface area contributed by atoms with E-state index in [0.29, 0.717) is 19.6 Å². The van der Waals surface area contributed by atoms with Crippen molar-refractivity contribution in [3.8, 4) is 0 Å². The molecule has 1 saturated heterocycles. The number of tetrazole rings is 1. The van der Waals surface area contributed by atoms with Crippen LogP contribution in [-0.2, 0) is 16.1 Å². The van der Waals surface area contributed by atoms with Crippen LogP contribution in [0.5, 0.6) is 0 Å². The smallest absolute Gasteiger partial charge is 0.244 e. The summed E-state index contributed by atoms with van der Waals surface area (Å²) in [4.78, 5) is 28.8. The second-order valence-corrected chi connectivity index (χ2v) is 6.31. The van der Waals surface area contributed by atoms with Gasteiger partial charge in [0.1, 0.15) is 12.9 Å². The Morgan fingerprint density at radius 3 is 2.69 bits per heavy atom. The van der Waals surface area contributed by atoms with Crippen LogP contribution in [0.1, 0.15) is 13.3 Å². The zero-order valence-corrected chi connectivity index (χ0v) is 14.8. The number of carbonyl (C=O) groups excluding carboxylic acids is 2. The Bertz CT molecular complexity index is 720. The molecule has 26 heavy (non-hydrogen) atoms. The van der Waals surface area contributed by atoms with Gasteiger partial charge in [0.15, 0.2) is 0 Å². The molecule has 2 aromatic rings. The molecule has 3 rings (SSSR count). The minimum absolute atomic E-state index is 0.0134. The Morgan fingerprint density at radius 2 is 1.96 bits per heavy atom. The van der Waals surface area contributed by atoms with E-state index in [1.54, 1.807) is 0 Å². The number of hydrogen-bond acceptors (Lipinski definition) is 6. The molecule has 1 unspecified atom stereocenters. The number of para-hydroxylation sites is 1. The Kier molecular flexibility index (Phi) is 5.90. The third kappa shape index (κ3) is 4.63. The van der Waals surface area contributed by atoms with Crippen LogP contribution in [0.15, 0.2) is 36.7 Å². The molecule has 2 amide bonds. The summed E-state index contributed by atoms with van der Waals surface area (Å²) in [6, 6.07) is 9.17. The second kappa shape index (κ2) is 8.52. The molecular formula is C17H23N7O2. The minimum atomic E-state index is -0.259. The van der Waals surface area contributed by atoms with Gasteiger partial charge in [-0.25, -0.2) is 4.68 Å². The summed E-state index contributed by atoms with van der Waals surface area (Å²) < 4.78 is 1.42. The fraction of sp³-hybridized carbons (Fsp3) is 0.471.